The zero-order chi connectivity index (χ0) is 68.2. The van der Waals surface area contributed by atoms with Crippen molar-refractivity contribution in [2.75, 3.05) is 39.6 Å². The van der Waals surface area contributed by atoms with Gasteiger partial charge in [-0.2, -0.15) is 0 Å². The van der Waals surface area contributed by atoms with Crippen LogP contribution in [0.1, 0.15) is 394 Å². The maximum Gasteiger partial charge on any atom is 0.472 e. The zero-order valence-electron chi connectivity index (χ0n) is 60.2. The Bertz CT molecular complexity index is 1770. The fourth-order valence-electron chi connectivity index (χ4n) is 11.4. The SMILES string of the molecule is CCCCCCCCCCCCCCCCCCCCCCCC(=O)O[C@H](COC(=O)CCCCCCCCCCCCCCC)COP(=O)(O)OC[C@@H](O)COP(=O)(O)OC[C@@H](COC(=O)CCCCCCCCCC)OC(=O)CCCCCCCCCCCCC. The normalized spacial score (nSPS) is 13.9. The van der Waals surface area contributed by atoms with Crippen molar-refractivity contribution in [1.82, 2.24) is 0 Å². The third-order valence-electron chi connectivity index (χ3n) is 17.4. The van der Waals surface area contributed by atoms with Gasteiger partial charge in [-0.05, 0) is 25.7 Å². The molecule has 0 rings (SSSR count). The first-order valence-corrected chi connectivity index (χ1v) is 41.8. The smallest absolute Gasteiger partial charge is 0.462 e. The predicted molar refractivity (Wildman–Crippen MR) is 377 cm³/mol. The van der Waals surface area contributed by atoms with Crippen LogP contribution in [-0.2, 0) is 65.4 Å². The topological polar surface area (TPSA) is 237 Å². The van der Waals surface area contributed by atoms with Gasteiger partial charge in [0.25, 0.3) is 0 Å². The molecule has 0 fully saturated rings. The molecule has 0 heterocycles. The number of aliphatic hydroxyl groups is 1. The molecular weight excluding hydrogens is 1220 g/mol. The van der Waals surface area contributed by atoms with E-state index in [-0.39, 0.29) is 25.7 Å². The van der Waals surface area contributed by atoms with E-state index in [2.05, 4.69) is 27.7 Å². The van der Waals surface area contributed by atoms with Gasteiger partial charge in [-0.25, -0.2) is 9.13 Å². The summed E-state index contributed by atoms with van der Waals surface area (Å²) < 4.78 is 68.3. The lowest BCUT2D eigenvalue weighted by Gasteiger charge is -2.21. The Morgan fingerprint density at radius 1 is 0.258 bits per heavy atom. The lowest BCUT2D eigenvalue weighted by atomic mass is 10.0. The summed E-state index contributed by atoms with van der Waals surface area (Å²) in [6.45, 7) is 4.94. The molecule has 0 aromatic heterocycles. The minimum atomic E-state index is -4.95. The quantitative estimate of drug-likeness (QED) is 0.0222. The summed E-state index contributed by atoms with van der Waals surface area (Å²) in [5, 5.41) is 10.6. The molecule has 17 nitrogen and oxygen atoms in total. The van der Waals surface area contributed by atoms with Gasteiger partial charge in [0, 0.05) is 25.7 Å². The number of ether oxygens (including phenoxy) is 4. The van der Waals surface area contributed by atoms with Gasteiger partial charge in [0.1, 0.15) is 19.3 Å². The lowest BCUT2D eigenvalue weighted by Crippen LogP contribution is -2.30. The molecule has 3 N–H and O–H groups in total. The number of rotatable bonds is 75. The van der Waals surface area contributed by atoms with Crippen molar-refractivity contribution in [2.24, 2.45) is 0 Å². The third kappa shape index (κ3) is 68.4. The van der Waals surface area contributed by atoms with Crippen LogP contribution in [0.2, 0.25) is 0 Å². The molecule has 0 aromatic carbocycles. The van der Waals surface area contributed by atoms with Gasteiger partial charge in [0.05, 0.1) is 26.4 Å². The standard InChI is InChI=1S/C74H144O17P2/c1-5-9-13-17-21-25-28-30-31-32-33-34-35-36-37-39-42-45-49-53-57-61-74(79)91-70(65-85-72(77)59-55-51-47-43-41-38-29-26-22-18-14-10-6-2)67-89-93(82,83)87-63-68(75)62-86-92(80,81)88-66-69(64-84-71(76)58-54-50-46-24-20-16-12-8-4)90-73(78)60-56-52-48-44-40-27-23-19-15-11-7-3/h68-70,75H,5-67H2,1-4H3,(H,80,81)(H,82,83)/t68-,69+,70+/m0/s1. The lowest BCUT2D eigenvalue weighted by molar-refractivity contribution is -0.161. The van der Waals surface area contributed by atoms with E-state index in [0.717, 1.165) is 96.3 Å². The number of hydrogen-bond acceptors (Lipinski definition) is 15. The van der Waals surface area contributed by atoms with Crippen LogP contribution in [0.5, 0.6) is 0 Å². The van der Waals surface area contributed by atoms with Gasteiger partial charge in [-0.3, -0.25) is 37.3 Å². The molecule has 0 aromatic rings. The highest BCUT2D eigenvalue weighted by Gasteiger charge is 2.30. The second kappa shape index (κ2) is 68.6. The molecule has 0 radical (unpaired) electrons. The molecule has 0 bridgehead atoms. The van der Waals surface area contributed by atoms with E-state index in [9.17, 15) is 43.2 Å². The van der Waals surface area contributed by atoms with E-state index in [0.29, 0.717) is 25.7 Å². The molecule has 552 valence electrons. The molecular formula is C74H144O17P2. The number of carbonyl (C=O) groups excluding carboxylic acids is 4. The Morgan fingerprint density at radius 2 is 0.430 bits per heavy atom. The van der Waals surface area contributed by atoms with E-state index in [1.54, 1.807) is 0 Å². The van der Waals surface area contributed by atoms with Crippen molar-refractivity contribution in [2.45, 2.75) is 412 Å². The summed E-state index contributed by atoms with van der Waals surface area (Å²) in [5.74, 6) is -2.12. The first-order chi connectivity index (χ1) is 45.2. The van der Waals surface area contributed by atoms with E-state index in [4.69, 9.17) is 37.0 Å². The number of aliphatic hydroxyl groups excluding tert-OH is 1. The van der Waals surface area contributed by atoms with Gasteiger partial charge in [-0.1, -0.05) is 342 Å². The van der Waals surface area contributed by atoms with Crippen molar-refractivity contribution in [3.63, 3.8) is 0 Å². The molecule has 0 aliphatic rings. The molecule has 0 amide bonds. The number of phosphoric acid groups is 2. The van der Waals surface area contributed by atoms with E-state index < -0.39 is 97.5 Å². The van der Waals surface area contributed by atoms with Crippen LogP contribution in [0, 0.1) is 0 Å². The Balaban J connectivity index is 5.16. The van der Waals surface area contributed by atoms with Crippen LogP contribution >= 0.6 is 15.6 Å². The van der Waals surface area contributed by atoms with Crippen molar-refractivity contribution < 1.29 is 80.2 Å². The second-order valence-corrected chi connectivity index (χ2v) is 29.6. The van der Waals surface area contributed by atoms with Gasteiger partial charge < -0.3 is 33.8 Å². The highest BCUT2D eigenvalue weighted by atomic mass is 31.2. The van der Waals surface area contributed by atoms with Crippen LogP contribution in [0.25, 0.3) is 0 Å². The molecule has 93 heavy (non-hydrogen) atoms. The molecule has 0 aliphatic heterocycles. The average molecular weight is 1370 g/mol. The third-order valence-corrected chi connectivity index (χ3v) is 19.3. The number of esters is 4. The first-order valence-electron chi connectivity index (χ1n) is 38.8. The fraction of sp³-hybridized carbons (Fsp3) is 0.946. The Labute approximate surface area is 568 Å². The predicted octanol–water partition coefficient (Wildman–Crippen LogP) is 21.8. The Morgan fingerprint density at radius 3 is 0.634 bits per heavy atom. The minimum absolute atomic E-state index is 0.107. The van der Waals surface area contributed by atoms with Crippen molar-refractivity contribution in [3.05, 3.63) is 0 Å². The largest absolute Gasteiger partial charge is 0.472 e. The summed E-state index contributed by atoms with van der Waals surface area (Å²) in [7, 11) is -9.90. The number of unbranched alkanes of at least 4 members (excludes halogenated alkanes) is 49. The first kappa shape index (κ1) is 91.1. The summed E-state index contributed by atoms with van der Waals surface area (Å²) in [4.78, 5) is 72.6. The molecule has 19 heteroatoms. The van der Waals surface area contributed by atoms with Crippen LogP contribution in [0.3, 0.4) is 0 Å². The maximum atomic E-state index is 13.1. The molecule has 5 atom stereocenters. The van der Waals surface area contributed by atoms with Crippen LogP contribution in [0.4, 0.5) is 0 Å². The Kier molecular flexibility index (Phi) is 67.1. The van der Waals surface area contributed by atoms with Gasteiger partial charge >= 0.3 is 39.5 Å². The van der Waals surface area contributed by atoms with Gasteiger partial charge in [-0.15, -0.1) is 0 Å². The molecule has 0 saturated carbocycles. The van der Waals surface area contributed by atoms with Crippen molar-refractivity contribution in [1.29, 1.82) is 0 Å². The van der Waals surface area contributed by atoms with Crippen LogP contribution in [0.15, 0.2) is 0 Å². The highest BCUT2D eigenvalue weighted by molar-refractivity contribution is 7.47. The number of carbonyl (C=O) groups is 4. The van der Waals surface area contributed by atoms with Crippen molar-refractivity contribution in [3.8, 4) is 0 Å². The van der Waals surface area contributed by atoms with Gasteiger partial charge in [0.2, 0.25) is 0 Å². The molecule has 0 saturated heterocycles. The molecule has 0 spiro atoms. The Hall–Kier alpha value is -1.94. The van der Waals surface area contributed by atoms with Crippen LogP contribution in [-0.4, -0.2) is 96.7 Å². The van der Waals surface area contributed by atoms with Gasteiger partial charge in [0.15, 0.2) is 12.2 Å². The van der Waals surface area contributed by atoms with E-state index in [1.165, 1.54) is 218 Å². The number of hydrogen-bond donors (Lipinski definition) is 3. The monoisotopic (exact) mass is 1370 g/mol. The van der Waals surface area contributed by atoms with Crippen LogP contribution < -0.4 is 0 Å². The number of phosphoric ester groups is 2. The summed E-state index contributed by atoms with van der Waals surface area (Å²) in [6.07, 6.45) is 58.4. The van der Waals surface area contributed by atoms with E-state index >= 15 is 0 Å². The van der Waals surface area contributed by atoms with Crippen molar-refractivity contribution >= 4 is 39.5 Å². The maximum absolute atomic E-state index is 13.1. The van der Waals surface area contributed by atoms with E-state index in [1.807, 2.05) is 0 Å². The summed E-state index contributed by atoms with van der Waals surface area (Å²) >= 11 is 0. The average Bonchev–Trinajstić information content (AvgIpc) is 2.73. The minimum Gasteiger partial charge on any atom is -0.462 e. The fourth-order valence-corrected chi connectivity index (χ4v) is 13.0. The second-order valence-electron chi connectivity index (χ2n) is 26.7. The molecule has 2 unspecified atom stereocenters. The molecule has 0 aliphatic carbocycles. The summed E-state index contributed by atoms with van der Waals surface area (Å²) in [5.41, 5.74) is 0. The zero-order valence-corrected chi connectivity index (χ0v) is 62.0. The highest BCUT2D eigenvalue weighted by Crippen LogP contribution is 2.45. The summed E-state index contributed by atoms with van der Waals surface area (Å²) in [6, 6.07) is 0.